The number of nitrogens with one attached hydrogen (secondary N) is 1. The minimum Gasteiger partial charge on any atom is -0.325 e. The summed E-state index contributed by atoms with van der Waals surface area (Å²) in [4.78, 5) is 39.0. The summed E-state index contributed by atoms with van der Waals surface area (Å²) in [7, 11) is 0. The first-order chi connectivity index (χ1) is 15.4. The van der Waals surface area contributed by atoms with Gasteiger partial charge in [-0.3, -0.25) is 23.4 Å². The summed E-state index contributed by atoms with van der Waals surface area (Å²) < 4.78 is 17.0. The Hall–Kier alpha value is -4.01. The Morgan fingerprint density at radius 1 is 1.03 bits per heavy atom. The number of halogens is 1. The van der Waals surface area contributed by atoms with Gasteiger partial charge in [-0.05, 0) is 43.7 Å². The lowest BCUT2D eigenvalue weighted by atomic mass is 10.2. The molecule has 0 aliphatic carbocycles. The highest BCUT2D eigenvalue weighted by molar-refractivity contribution is 5.91. The Kier molecular flexibility index (Phi) is 5.72. The van der Waals surface area contributed by atoms with Gasteiger partial charge in [0.15, 0.2) is 5.52 Å². The lowest BCUT2D eigenvalue weighted by Crippen LogP contribution is -2.41. The van der Waals surface area contributed by atoms with Gasteiger partial charge in [-0.25, -0.2) is 9.18 Å². The van der Waals surface area contributed by atoms with Crippen molar-refractivity contribution < 1.29 is 9.18 Å². The fourth-order valence-corrected chi connectivity index (χ4v) is 3.43. The molecule has 0 fully saturated rings. The van der Waals surface area contributed by atoms with Crippen molar-refractivity contribution in [2.45, 2.75) is 33.5 Å². The summed E-state index contributed by atoms with van der Waals surface area (Å²) in [5, 5.41) is 7.05. The maximum absolute atomic E-state index is 13.3. The van der Waals surface area contributed by atoms with E-state index >= 15 is 0 Å². The summed E-state index contributed by atoms with van der Waals surface area (Å²) in [5.41, 5.74) is 1.43. The van der Waals surface area contributed by atoms with Gasteiger partial charge >= 0.3 is 5.69 Å². The molecule has 2 heterocycles. The minimum absolute atomic E-state index is 0.0630. The van der Waals surface area contributed by atoms with Crippen molar-refractivity contribution in [3.8, 4) is 0 Å². The zero-order valence-electron chi connectivity index (χ0n) is 17.7. The van der Waals surface area contributed by atoms with Crippen LogP contribution in [0.25, 0.3) is 11.0 Å². The zero-order chi connectivity index (χ0) is 22.8. The monoisotopic (exact) mass is 435 g/mol. The fraction of sp³-hybridized carbons (Fsp3) is 0.217. The third-order valence-electron chi connectivity index (χ3n) is 5.16. The van der Waals surface area contributed by atoms with E-state index in [4.69, 9.17) is 0 Å². The lowest BCUT2D eigenvalue weighted by Gasteiger charge is -2.12. The van der Waals surface area contributed by atoms with E-state index in [1.807, 2.05) is 26.0 Å². The number of rotatable bonds is 6. The van der Waals surface area contributed by atoms with Crippen LogP contribution >= 0.6 is 0 Å². The van der Waals surface area contributed by atoms with Crippen molar-refractivity contribution in [1.29, 1.82) is 0 Å². The number of anilines is 1. The van der Waals surface area contributed by atoms with E-state index < -0.39 is 23.0 Å². The molecule has 164 valence electrons. The fourth-order valence-electron chi connectivity index (χ4n) is 3.43. The van der Waals surface area contributed by atoms with Gasteiger partial charge in [0.2, 0.25) is 5.91 Å². The Labute approximate surface area is 182 Å². The standard InChI is InChI=1S/C23H22FN5O3/c1-3-27-13-19-21(26-27)22(31)29(12-16-6-8-17(24)9-7-16)23(32)28(19)14-20(30)25-18-10-4-15(2)5-11-18/h4-11,13H,3,12,14H2,1-2H3,(H,25,30). The van der Waals surface area contributed by atoms with Crippen molar-refractivity contribution in [2.75, 3.05) is 5.32 Å². The molecule has 2 aromatic heterocycles. The SMILES string of the molecule is CCn1cc2c(n1)c(=O)n(Cc1ccc(F)cc1)c(=O)n2CC(=O)Nc1ccc(C)cc1. The third-order valence-corrected chi connectivity index (χ3v) is 5.16. The van der Waals surface area contributed by atoms with Gasteiger partial charge in [0.1, 0.15) is 12.4 Å². The molecule has 4 rings (SSSR count). The molecule has 1 N–H and O–H groups in total. The molecule has 0 atom stereocenters. The quantitative estimate of drug-likeness (QED) is 0.504. The summed E-state index contributed by atoms with van der Waals surface area (Å²) in [6.07, 6.45) is 1.58. The molecule has 2 aromatic carbocycles. The zero-order valence-corrected chi connectivity index (χ0v) is 17.7. The van der Waals surface area contributed by atoms with Gasteiger partial charge in [0.05, 0.1) is 12.1 Å². The van der Waals surface area contributed by atoms with Crippen LogP contribution in [0.4, 0.5) is 10.1 Å². The molecule has 0 saturated carbocycles. The topological polar surface area (TPSA) is 90.9 Å². The van der Waals surface area contributed by atoms with E-state index in [9.17, 15) is 18.8 Å². The Bertz CT molecular complexity index is 1400. The van der Waals surface area contributed by atoms with Crippen LogP contribution in [0.3, 0.4) is 0 Å². The molecule has 32 heavy (non-hydrogen) atoms. The van der Waals surface area contributed by atoms with E-state index in [-0.39, 0.29) is 24.1 Å². The number of amides is 1. The number of nitrogens with zero attached hydrogens (tertiary/aromatic N) is 4. The summed E-state index contributed by atoms with van der Waals surface area (Å²) in [6, 6.07) is 12.8. The molecule has 9 heteroatoms. The number of aromatic nitrogens is 4. The van der Waals surface area contributed by atoms with E-state index in [1.165, 1.54) is 28.8 Å². The normalized spacial score (nSPS) is 11.1. The average Bonchev–Trinajstić information content (AvgIpc) is 3.22. The van der Waals surface area contributed by atoms with E-state index in [2.05, 4.69) is 10.4 Å². The smallest absolute Gasteiger partial charge is 0.325 e. The van der Waals surface area contributed by atoms with Gasteiger partial charge in [0, 0.05) is 18.4 Å². The second kappa shape index (κ2) is 8.62. The summed E-state index contributed by atoms with van der Waals surface area (Å²) in [6.45, 7) is 3.94. The molecule has 0 saturated heterocycles. The number of aryl methyl sites for hydroxylation is 2. The van der Waals surface area contributed by atoms with Crippen LogP contribution in [0.15, 0.2) is 64.3 Å². The molecule has 8 nitrogen and oxygen atoms in total. The molecule has 1 amide bonds. The van der Waals surface area contributed by atoms with Crippen molar-refractivity contribution >= 4 is 22.6 Å². The Morgan fingerprint density at radius 3 is 2.38 bits per heavy atom. The van der Waals surface area contributed by atoms with Crippen molar-refractivity contribution in [1.82, 2.24) is 18.9 Å². The number of carbonyl (C=O) groups excluding carboxylic acids is 1. The molecule has 0 bridgehead atoms. The second-order valence-corrected chi connectivity index (χ2v) is 7.52. The molecular formula is C23H22FN5O3. The van der Waals surface area contributed by atoms with Gasteiger partial charge in [-0.15, -0.1) is 0 Å². The predicted molar refractivity (Wildman–Crippen MR) is 119 cm³/mol. The molecule has 0 aliphatic heterocycles. The third kappa shape index (κ3) is 4.22. The molecular weight excluding hydrogens is 413 g/mol. The highest BCUT2D eigenvalue weighted by Gasteiger charge is 2.19. The van der Waals surface area contributed by atoms with E-state index in [0.717, 1.165) is 10.1 Å². The van der Waals surface area contributed by atoms with E-state index in [0.29, 0.717) is 17.8 Å². The largest absolute Gasteiger partial charge is 0.332 e. The maximum Gasteiger partial charge on any atom is 0.332 e. The number of hydrogen-bond acceptors (Lipinski definition) is 4. The highest BCUT2D eigenvalue weighted by atomic mass is 19.1. The van der Waals surface area contributed by atoms with Crippen molar-refractivity contribution in [3.63, 3.8) is 0 Å². The Morgan fingerprint density at radius 2 is 1.72 bits per heavy atom. The molecule has 0 aliphatic rings. The first-order valence-electron chi connectivity index (χ1n) is 10.2. The lowest BCUT2D eigenvalue weighted by molar-refractivity contribution is -0.116. The Balaban J connectivity index is 1.75. The van der Waals surface area contributed by atoms with Crippen LogP contribution in [-0.4, -0.2) is 24.8 Å². The van der Waals surface area contributed by atoms with Crippen LogP contribution in [0.2, 0.25) is 0 Å². The number of fused-ring (bicyclic) bond motifs is 1. The maximum atomic E-state index is 13.3. The van der Waals surface area contributed by atoms with Crippen LogP contribution in [0.5, 0.6) is 0 Å². The van der Waals surface area contributed by atoms with Crippen molar-refractivity contribution in [3.05, 3.63) is 92.5 Å². The summed E-state index contributed by atoms with van der Waals surface area (Å²) >= 11 is 0. The summed E-state index contributed by atoms with van der Waals surface area (Å²) in [5.74, 6) is -0.822. The molecule has 0 radical (unpaired) electrons. The highest BCUT2D eigenvalue weighted by Crippen LogP contribution is 2.11. The van der Waals surface area contributed by atoms with Crippen LogP contribution in [0.1, 0.15) is 18.1 Å². The van der Waals surface area contributed by atoms with Crippen LogP contribution in [-0.2, 0) is 24.4 Å². The van der Waals surface area contributed by atoms with E-state index in [1.54, 1.807) is 23.0 Å². The molecule has 4 aromatic rings. The second-order valence-electron chi connectivity index (χ2n) is 7.52. The predicted octanol–water partition coefficient (Wildman–Crippen LogP) is 2.51. The molecule has 0 spiro atoms. The van der Waals surface area contributed by atoms with Crippen molar-refractivity contribution in [2.24, 2.45) is 0 Å². The first-order valence-corrected chi connectivity index (χ1v) is 10.2. The van der Waals surface area contributed by atoms with Crippen LogP contribution in [0, 0.1) is 12.7 Å². The number of hydrogen-bond donors (Lipinski definition) is 1. The van der Waals surface area contributed by atoms with Crippen LogP contribution < -0.4 is 16.6 Å². The van der Waals surface area contributed by atoms with Gasteiger partial charge in [0.25, 0.3) is 5.56 Å². The van der Waals surface area contributed by atoms with Gasteiger partial charge < -0.3 is 5.32 Å². The average molecular weight is 435 g/mol. The molecule has 0 unspecified atom stereocenters. The number of carbonyl (C=O) groups is 1. The number of benzene rings is 2. The van der Waals surface area contributed by atoms with Gasteiger partial charge in [-0.2, -0.15) is 5.10 Å². The van der Waals surface area contributed by atoms with Gasteiger partial charge in [-0.1, -0.05) is 29.8 Å². The first kappa shape index (κ1) is 21.2. The minimum atomic E-state index is -0.637.